The van der Waals surface area contributed by atoms with Crippen LogP contribution in [-0.4, -0.2) is 18.5 Å². The molecule has 0 aliphatic heterocycles. The summed E-state index contributed by atoms with van der Waals surface area (Å²) in [7, 11) is 1.15. The highest BCUT2D eigenvalue weighted by molar-refractivity contribution is 5.40. The second-order valence-corrected chi connectivity index (χ2v) is 2.39. The molecule has 4 nitrogen and oxygen atoms in total. The van der Waals surface area contributed by atoms with E-state index in [0.29, 0.717) is 0 Å². The molecular formula is C8H5F3N2O2. The van der Waals surface area contributed by atoms with Crippen LogP contribution < -0.4 is 9.47 Å². The Kier molecular flexibility index (Phi) is 2.99. The molecule has 0 spiro atoms. The van der Waals surface area contributed by atoms with Crippen molar-refractivity contribution in [2.24, 2.45) is 0 Å². The van der Waals surface area contributed by atoms with Gasteiger partial charge in [-0.2, -0.15) is 5.26 Å². The van der Waals surface area contributed by atoms with E-state index in [4.69, 9.17) is 5.26 Å². The minimum atomic E-state index is -4.84. The van der Waals surface area contributed by atoms with Crippen molar-refractivity contribution in [3.63, 3.8) is 0 Å². The first-order valence-corrected chi connectivity index (χ1v) is 3.66. The highest BCUT2D eigenvalue weighted by Gasteiger charge is 2.33. The number of rotatable bonds is 2. The third-order valence-corrected chi connectivity index (χ3v) is 1.38. The average Bonchev–Trinajstić information content (AvgIpc) is 2.16. The minimum absolute atomic E-state index is 0.0846. The molecule has 1 aromatic rings. The molecule has 0 amide bonds. The summed E-state index contributed by atoms with van der Waals surface area (Å²) < 4.78 is 43.7. The molecule has 0 aliphatic carbocycles. The fraction of sp³-hybridized carbons (Fsp3) is 0.250. The molecule has 1 heterocycles. The second kappa shape index (κ2) is 4.04. The standard InChI is InChI=1S/C8H5F3N2O2/c1-14-6-2-5(3-12)4-13-7(6)15-8(9,10)11/h2,4H,1H3. The first-order valence-electron chi connectivity index (χ1n) is 3.66. The quantitative estimate of drug-likeness (QED) is 0.760. The van der Waals surface area contributed by atoms with Gasteiger partial charge < -0.3 is 9.47 Å². The van der Waals surface area contributed by atoms with Gasteiger partial charge in [-0.25, -0.2) is 4.98 Å². The maximum Gasteiger partial charge on any atom is 0.574 e. The zero-order valence-electron chi connectivity index (χ0n) is 7.50. The number of nitriles is 1. The molecule has 0 radical (unpaired) electrons. The van der Waals surface area contributed by atoms with Gasteiger partial charge in [-0.15, -0.1) is 13.2 Å². The Morgan fingerprint density at radius 1 is 1.47 bits per heavy atom. The maximum atomic E-state index is 11.9. The number of halogens is 3. The number of nitrogens with zero attached hydrogens (tertiary/aromatic N) is 2. The smallest absolute Gasteiger partial charge is 0.491 e. The van der Waals surface area contributed by atoms with Gasteiger partial charge in [-0.05, 0) is 0 Å². The van der Waals surface area contributed by atoms with E-state index in [1.165, 1.54) is 0 Å². The van der Waals surface area contributed by atoms with Crippen LogP contribution in [0.1, 0.15) is 5.56 Å². The van der Waals surface area contributed by atoms with Crippen molar-refractivity contribution in [3.05, 3.63) is 17.8 Å². The fourth-order valence-electron chi connectivity index (χ4n) is 0.826. The molecule has 0 fully saturated rings. The van der Waals surface area contributed by atoms with E-state index in [1.807, 2.05) is 0 Å². The summed E-state index contributed by atoms with van der Waals surface area (Å²) in [4.78, 5) is 3.32. The monoisotopic (exact) mass is 218 g/mol. The molecule has 0 bridgehead atoms. The molecule has 0 N–H and O–H groups in total. The van der Waals surface area contributed by atoms with E-state index in [0.717, 1.165) is 19.4 Å². The molecule has 0 unspecified atom stereocenters. The highest BCUT2D eigenvalue weighted by Crippen LogP contribution is 2.29. The van der Waals surface area contributed by atoms with Gasteiger partial charge in [0.25, 0.3) is 5.88 Å². The van der Waals surface area contributed by atoms with E-state index >= 15 is 0 Å². The molecule has 0 atom stereocenters. The molecule has 0 saturated heterocycles. The van der Waals surface area contributed by atoms with Crippen molar-refractivity contribution < 1.29 is 22.6 Å². The number of aromatic nitrogens is 1. The minimum Gasteiger partial charge on any atom is -0.491 e. The lowest BCUT2D eigenvalue weighted by Crippen LogP contribution is -2.18. The molecule has 0 aromatic carbocycles. The van der Waals surface area contributed by atoms with E-state index < -0.39 is 12.2 Å². The molecule has 80 valence electrons. The number of methoxy groups -OCH3 is 1. The van der Waals surface area contributed by atoms with Gasteiger partial charge in [0.2, 0.25) is 0 Å². The number of hydrogen-bond acceptors (Lipinski definition) is 4. The van der Waals surface area contributed by atoms with Crippen LogP contribution in [0.2, 0.25) is 0 Å². The van der Waals surface area contributed by atoms with Crippen molar-refractivity contribution in [1.82, 2.24) is 4.98 Å². The number of ether oxygens (including phenoxy) is 2. The Bertz CT molecular complexity index is 398. The number of alkyl halides is 3. The second-order valence-electron chi connectivity index (χ2n) is 2.39. The van der Waals surface area contributed by atoms with E-state index in [9.17, 15) is 13.2 Å². The van der Waals surface area contributed by atoms with Gasteiger partial charge in [0.15, 0.2) is 5.75 Å². The van der Waals surface area contributed by atoms with Crippen LogP contribution >= 0.6 is 0 Å². The van der Waals surface area contributed by atoms with Gasteiger partial charge >= 0.3 is 6.36 Å². The van der Waals surface area contributed by atoms with E-state index in [-0.39, 0.29) is 11.3 Å². The predicted octanol–water partition coefficient (Wildman–Crippen LogP) is 1.86. The molecule has 1 rings (SSSR count). The molecule has 15 heavy (non-hydrogen) atoms. The normalized spacial score (nSPS) is 10.6. The largest absolute Gasteiger partial charge is 0.574 e. The van der Waals surface area contributed by atoms with Crippen molar-refractivity contribution in [2.75, 3.05) is 7.11 Å². The Hall–Kier alpha value is -1.97. The summed E-state index contributed by atoms with van der Waals surface area (Å²) in [6.45, 7) is 0. The molecule has 7 heteroatoms. The third-order valence-electron chi connectivity index (χ3n) is 1.38. The van der Waals surface area contributed by atoms with Crippen LogP contribution in [0.5, 0.6) is 11.6 Å². The topological polar surface area (TPSA) is 55.1 Å². The zero-order chi connectivity index (χ0) is 11.5. The summed E-state index contributed by atoms with van der Waals surface area (Å²) in [5.74, 6) is -0.963. The molecule has 1 aromatic heterocycles. The van der Waals surface area contributed by atoms with Crippen molar-refractivity contribution >= 4 is 0 Å². The fourth-order valence-corrected chi connectivity index (χ4v) is 0.826. The molecule has 0 aliphatic rings. The first kappa shape index (κ1) is 11.1. The van der Waals surface area contributed by atoms with Gasteiger partial charge in [-0.3, -0.25) is 0 Å². The molecular weight excluding hydrogens is 213 g/mol. The van der Waals surface area contributed by atoms with E-state index in [1.54, 1.807) is 6.07 Å². The van der Waals surface area contributed by atoms with Crippen molar-refractivity contribution in [2.45, 2.75) is 6.36 Å². The van der Waals surface area contributed by atoms with E-state index in [2.05, 4.69) is 14.5 Å². The van der Waals surface area contributed by atoms with Gasteiger partial charge in [0, 0.05) is 12.3 Å². The third kappa shape index (κ3) is 3.02. The average molecular weight is 218 g/mol. The highest BCUT2D eigenvalue weighted by atomic mass is 19.4. The summed E-state index contributed by atoms with van der Waals surface area (Å²) in [5.41, 5.74) is 0.0846. The summed E-state index contributed by atoms with van der Waals surface area (Å²) in [6.07, 6.45) is -3.88. The van der Waals surface area contributed by atoms with Crippen molar-refractivity contribution in [1.29, 1.82) is 5.26 Å². The summed E-state index contributed by atoms with van der Waals surface area (Å²) in [5, 5.41) is 8.47. The lowest BCUT2D eigenvalue weighted by Gasteiger charge is -2.10. The lowest BCUT2D eigenvalue weighted by molar-refractivity contribution is -0.276. The van der Waals surface area contributed by atoms with Crippen LogP contribution in [0.15, 0.2) is 12.3 Å². The first-order chi connectivity index (χ1) is 6.96. The predicted molar refractivity (Wildman–Crippen MR) is 42.2 cm³/mol. The lowest BCUT2D eigenvalue weighted by atomic mass is 10.3. The Morgan fingerprint density at radius 2 is 2.13 bits per heavy atom. The van der Waals surface area contributed by atoms with Crippen molar-refractivity contribution in [3.8, 4) is 17.7 Å². The Balaban J connectivity index is 3.04. The summed E-state index contributed by atoms with van der Waals surface area (Å²) >= 11 is 0. The van der Waals surface area contributed by atoms with Crippen LogP contribution in [0.25, 0.3) is 0 Å². The van der Waals surface area contributed by atoms with Crippen LogP contribution in [0.4, 0.5) is 13.2 Å². The molecule has 0 saturated carbocycles. The number of hydrogen-bond donors (Lipinski definition) is 0. The zero-order valence-corrected chi connectivity index (χ0v) is 7.50. The number of pyridine rings is 1. The van der Waals surface area contributed by atoms with Gasteiger partial charge in [0.1, 0.15) is 6.07 Å². The SMILES string of the molecule is COc1cc(C#N)cnc1OC(F)(F)F. The Labute approximate surface area is 82.9 Å². The Morgan fingerprint density at radius 3 is 2.60 bits per heavy atom. The maximum absolute atomic E-state index is 11.9. The van der Waals surface area contributed by atoms with Gasteiger partial charge in [-0.1, -0.05) is 0 Å². The van der Waals surface area contributed by atoms with Crippen LogP contribution in [0, 0.1) is 11.3 Å². The van der Waals surface area contributed by atoms with Gasteiger partial charge in [0.05, 0.1) is 12.7 Å². The summed E-state index contributed by atoms with van der Waals surface area (Å²) in [6, 6.07) is 2.82. The van der Waals surface area contributed by atoms with Crippen LogP contribution in [-0.2, 0) is 0 Å². The van der Waals surface area contributed by atoms with Crippen LogP contribution in [0.3, 0.4) is 0 Å².